The molecule has 2 rings (SSSR count). The molecule has 0 radical (unpaired) electrons. The Kier molecular flexibility index (Phi) is 6.01. The van der Waals surface area contributed by atoms with Crippen molar-refractivity contribution in [3.8, 4) is 11.5 Å². The zero-order valence-electron chi connectivity index (χ0n) is 13.8. The van der Waals surface area contributed by atoms with Crippen molar-refractivity contribution in [2.75, 3.05) is 34.9 Å². The molecule has 1 aromatic carbocycles. The molecule has 0 aliphatic heterocycles. The average Bonchev–Trinajstić information content (AvgIpc) is 3.08. The minimum Gasteiger partial charge on any atom is -0.497 e. The van der Waals surface area contributed by atoms with Crippen LogP contribution < -0.4 is 14.8 Å². The fourth-order valence-electron chi connectivity index (χ4n) is 2.29. The minimum absolute atomic E-state index is 0.137. The highest BCUT2D eigenvalue weighted by molar-refractivity contribution is 7.07. The van der Waals surface area contributed by atoms with Crippen molar-refractivity contribution in [1.29, 1.82) is 0 Å². The van der Waals surface area contributed by atoms with Gasteiger partial charge in [0.25, 0.3) is 5.91 Å². The van der Waals surface area contributed by atoms with Crippen LogP contribution in [0, 0.1) is 0 Å². The van der Waals surface area contributed by atoms with Crippen molar-refractivity contribution in [2.24, 2.45) is 0 Å². The van der Waals surface area contributed by atoms with Gasteiger partial charge >= 0.3 is 0 Å². The molecule has 0 spiro atoms. The Labute approximate surface area is 140 Å². The molecule has 124 valence electrons. The van der Waals surface area contributed by atoms with Crippen molar-refractivity contribution >= 4 is 17.2 Å². The highest BCUT2D eigenvalue weighted by atomic mass is 32.1. The smallest absolute Gasteiger partial charge is 0.251 e. The molecule has 0 unspecified atom stereocenters. The number of hydrogen-bond acceptors (Lipinski definition) is 5. The lowest BCUT2D eigenvalue weighted by Gasteiger charge is -2.24. The molecule has 0 aliphatic carbocycles. The summed E-state index contributed by atoms with van der Waals surface area (Å²) < 4.78 is 10.4. The first-order chi connectivity index (χ1) is 11.0. The van der Waals surface area contributed by atoms with Gasteiger partial charge in [-0.1, -0.05) is 0 Å². The van der Waals surface area contributed by atoms with E-state index in [1.54, 1.807) is 43.8 Å². The van der Waals surface area contributed by atoms with Crippen LogP contribution in [0.15, 0.2) is 35.0 Å². The third-order valence-electron chi connectivity index (χ3n) is 3.62. The molecule has 1 heterocycles. The van der Waals surface area contributed by atoms with Crippen molar-refractivity contribution in [3.05, 3.63) is 46.2 Å². The molecular weight excluding hydrogens is 312 g/mol. The van der Waals surface area contributed by atoms with Gasteiger partial charge in [0.2, 0.25) is 0 Å². The number of amides is 1. The highest BCUT2D eigenvalue weighted by Gasteiger charge is 2.17. The summed E-state index contributed by atoms with van der Waals surface area (Å²) in [5.74, 6) is 1.04. The summed E-state index contributed by atoms with van der Waals surface area (Å²) in [6, 6.07) is 7.36. The number of likely N-dealkylation sites (N-methyl/N-ethyl adjacent to an activating group) is 1. The van der Waals surface area contributed by atoms with Crippen molar-refractivity contribution < 1.29 is 14.3 Å². The zero-order chi connectivity index (χ0) is 16.8. The van der Waals surface area contributed by atoms with Gasteiger partial charge in [-0.3, -0.25) is 4.79 Å². The highest BCUT2D eigenvalue weighted by Crippen LogP contribution is 2.23. The second kappa shape index (κ2) is 7.99. The molecule has 0 fully saturated rings. The van der Waals surface area contributed by atoms with Gasteiger partial charge in [-0.2, -0.15) is 11.3 Å². The summed E-state index contributed by atoms with van der Waals surface area (Å²) in [6.07, 6.45) is 0. The molecule has 1 amide bonds. The van der Waals surface area contributed by atoms with E-state index in [2.05, 4.69) is 21.7 Å². The molecule has 2 aromatic rings. The van der Waals surface area contributed by atoms with E-state index < -0.39 is 0 Å². The number of thiophene rings is 1. The fraction of sp³-hybridized carbons (Fsp3) is 0.353. The summed E-state index contributed by atoms with van der Waals surface area (Å²) in [7, 11) is 7.14. The van der Waals surface area contributed by atoms with Crippen LogP contribution in [0.5, 0.6) is 11.5 Å². The van der Waals surface area contributed by atoms with Crippen LogP contribution in [0.2, 0.25) is 0 Å². The Morgan fingerprint density at radius 2 is 1.87 bits per heavy atom. The van der Waals surface area contributed by atoms with Crippen LogP contribution in [0.1, 0.15) is 22.0 Å². The van der Waals surface area contributed by atoms with Gasteiger partial charge in [-0.05, 0) is 48.6 Å². The Morgan fingerprint density at radius 1 is 1.22 bits per heavy atom. The Balaban J connectivity index is 2.09. The lowest BCUT2D eigenvalue weighted by molar-refractivity contribution is 0.0941. The molecule has 0 bridgehead atoms. The number of carbonyl (C=O) groups is 1. The number of ether oxygens (including phenoxy) is 2. The Bertz CT molecular complexity index is 619. The summed E-state index contributed by atoms with van der Waals surface area (Å²) in [5.41, 5.74) is 1.72. The van der Waals surface area contributed by atoms with Gasteiger partial charge in [-0.25, -0.2) is 0 Å². The van der Waals surface area contributed by atoms with E-state index in [4.69, 9.17) is 9.47 Å². The Morgan fingerprint density at radius 3 is 2.35 bits per heavy atom. The van der Waals surface area contributed by atoms with Crippen LogP contribution in [0.25, 0.3) is 0 Å². The average molecular weight is 334 g/mol. The maximum Gasteiger partial charge on any atom is 0.251 e. The zero-order valence-corrected chi connectivity index (χ0v) is 14.6. The molecule has 5 nitrogen and oxygen atoms in total. The van der Waals surface area contributed by atoms with Crippen molar-refractivity contribution in [1.82, 2.24) is 10.2 Å². The largest absolute Gasteiger partial charge is 0.497 e. The van der Waals surface area contributed by atoms with Gasteiger partial charge in [0.1, 0.15) is 11.5 Å². The van der Waals surface area contributed by atoms with E-state index in [-0.39, 0.29) is 11.9 Å². The van der Waals surface area contributed by atoms with Crippen molar-refractivity contribution in [3.63, 3.8) is 0 Å². The number of methoxy groups -OCH3 is 2. The van der Waals surface area contributed by atoms with Crippen LogP contribution in [-0.2, 0) is 0 Å². The van der Waals surface area contributed by atoms with E-state index in [9.17, 15) is 4.79 Å². The molecule has 0 saturated carbocycles. The molecule has 0 aliphatic rings. The summed E-state index contributed by atoms with van der Waals surface area (Å²) in [5, 5.41) is 7.13. The summed E-state index contributed by atoms with van der Waals surface area (Å²) in [4.78, 5) is 14.5. The van der Waals surface area contributed by atoms with Crippen LogP contribution in [0.4, 0.5) is 0 Å². The molecular formula is C17H22N2O3S. The predicted octanol–water partition coefficient (Wildman–Crippen LogP) is 2.80. The predicted molar refractivity (Wildman–Crippen MR) is 92.6 cm³/mol. The quantitative estimate of drug-likeness (QED) is 0.846. The van der Waals surface area contributed by atoms with Crippen molar-refractivity contribution in [2.45, 2.75) is 6.04 Å². The molecule has 1 atom stereocenters. The SMILES string of the molecule is COc1cc(OC)cc(C(=O)NC[C@H](c2ccsc2)N(C)C)c1. The fourth-order valence-corrected chi connectivity index (χ4v) is 3.00. The number of nitrogens with one attached hydrogen (secondary N) is 1. The maximum absolute atomic E-state index is 12.4. The third kappa shape index (κ3) is 4.46. The van der Waals surface area contributed by atoms with E-state index in [1.807, 2.05) is 19.5 Å². The maximum atomic E-state index is 12.4. The number of rotatable bonds is 7. The van der Waals surface area contributed by atoms with E-state index in [1.165, 1.54) is 5.56 Å². The Hall–Kier alpha value is -2.05. The molecule has 0 saturated heterocycles. The van der Waals surface area contributed by atoms with E-state index >= 15 is 0 Å². The lowest BCUT2D eigenvalue weighted by Crippen LogP contribution is -2.34. The molecule has 1 N–H and O–H groups in total. The summed E-state index contributed by atoms with van der Waals surface area (Å²) >= 11 is 1.65. The van der Waals surface area contributed by atoms with Gasteiger partial charge in [0.15, 0.2) is 0 Å². The number of nitrogens with zero attached hydrogens (tertiary/aromatic N) is 1. The normalized spacial score (nSPS) is 12.0. The molecule has 6 heteroatoms. The third-order valence-corrected chi connectivity index (χ3v) is 4.32. The number of benzene rings is 1. The first-order valence-electron chi connectivity index (χ1n) is 7.25. The molecule has 23 heavy (non-hydrogen) atoms. The second-order valence-electron chi connectivity index (χ2n) is 5.35. The van der Waals surface area contributed by atoms with Crippen LogP contribution in [0.3, 0.4) is 0 Å². The van der Waals surface area contributed by atoms with E-state index in [0.29, 0.717) is 23.6 Å². The standard InChI is InChI=1S/C17H22N2O3S/c1-19(2)16(12-5-6-23-11-12)10-18-17(20)13-7-14(21-3)9-15(8-13)22-4/h5-9,11,16H,10H2,1-4H3,(H,18,20)/t16-/m1/s1. The topological polar surface area (TPSA) is 50.8 Å². The number of hydrogen-bond donors (Lipinski definition) is 1. The first kappa shape index (κ1) is 17.3. The van der Waals surface area contributed by atoms with Crippen LogP contribution >= 0.6 is 11.3 Å². The monoisotopic (exact) mass is 334 g/mol. The minimum atomic E-state index is -0.149. The van der Waals surface area contributed by atoms with Gasteiger partial charge in [-0.15, -0.1) is 0 Å². The first-order valence-corrected chi connectivity index (χ1v) is 8.19. The lowest BCUT2D eigenvalue weighted by atomic mass is 10.1. The number of carbonyl (C=O) groups excluding carboxylic acids is 1. The second-order valence-corrected chi connectivity index (χ2v) is 6.13. The van der Waals surface area contributed by atoms with Gasteiger partial charge in [0, 0.05) is 18.2 Å². The van der Waals surface area contributed by atoms with Crippen LogP contribution in [-0.4, -0.2) is 45.7 Å². The molecule has 1 aromatic heterocycles. The van der Waals surface area contributed by atoms with Gasteiger partial charge < -0.3 is 19.7 Å². The summed E-state index contributed by atoms with van der Waals surface area (Å²) in [6.45, 7) is 0.530. The van der Waals surface area contributed by atoms with E-state index in [0.717, 1.165) is 0 Å². The van der Waals surface area contributed by atoms with Gasteiger partial charge in [0.05, 0.1) is 20.3 Å².